The molecule has 0 bridgehead atoms. The summed E-state index contributed by atoms with van der Waals surface area (Å²) < 4.78 is 57.8. The Hall–Kier alpha value is -8.64. The topological polar surface area (TPSA) is 179 Å². The van der Waals surface area contributed by atoms with Crippen molar-refractivity contribution in [3.63, 3.8) is 0 Å². The number of hydrogen-bond acceptors (Lipinski definition) is 10. The second kappa shape index (κ2) is 17.3. The number of rotatable bonds is 8. The van der Waals surface area contributed by atoms with E-state index in [0.717, 1.165) is 12.4 Å². The van der Waals surface area contributed by atoms with Crippen LogP contribution in [0.2, 0.25) is 0 Å². The smallest absolute Gasteiger partial charge is 0.263 e. The molecule has 8 aromatic rings. The zero-order chi connectivity index (χ0) is 44.2. The molecule has 0 saturated heterocycles. The highest BCUT2D eigenvalue weighted by Crippen LogP contribution is 2.34. The Bertz CT molecular complexity index is 3040. The van der Waals surface area contributed by atoms with Gasteiger partial charge in [0.2, 0.25) is 23.3 Å². The Morgan fingerprint density at radius 2 is 1.00 bits per heavy atom. The van der Waals surface area contributed by atoms with Crippen molar-refractivity contribution in [2.75, 3.05) is 22.1 Å². The van der Waals surface area contributed by atoms with Gasteiger partial charge in [-0.05, 0) is 96.8 Å². The van der Waals surface area contributed by atoms with Crippen LogP contribution in [0.1, 0.15) is 37.1 Å². The van der Waals surface area contributed by atoms with Crippen molar-refractivity contribution < 1.29 is 17.6 Å². The lowest BCUT2D eigenvalue weighted by Crippen LogP contribution is -2.21. The van der Waals surface area contributed by atoms with Gasteiger partial charge in [-0.3, -0.25) is 18.4 Å². The average Bonchev–Trinajstić information content (AvgIpc) is 3.24. The molecule has 2 aromatic carbocycles. The number of nitrogens with zero attached hydrogens (tertiary/aromatic N) is 8. The maximum Gasteiger partial charge on any atom is 0.263 e. The van der Waals surface area contributed by atoms with Crippen LogP contribution in [0.3, 0.4) is 0 Å². The Labute approximate surface area is 349 Å². The number of halogens is 4. The van der Waals surface area contributed by atoms with Crippen molar-refractivity contribution in [3.8, 4) is 22.3 Å². The van der Waals surface area contributed by atoms with E-state index in [1.807, 2.05) is 0 Å². The zero-order valence-electron chi connectivity index (χ0n) is 32.6. The fourth-order valence-electron chi connectivity index (χ4n) is 6.78. The highest BCUT2D eigenvalue weighted by atomic mass is 19.1. The summed E-state index contributed by atoms with van der Waals surface area (Å²) in [6.45, 7) is 18.1. The maximum absolute atomic E-state index is 13.9. The first-order valence-electron chi connectivity index (χ1n) is 18.5. The van der Waals surface area contributed by atoms with Crippen LogP contribution in [0.25, 0.3) is 43.0 Å². The summed E-state index contributed by atoms with van der Waals surface area (Å²) in [5, 5.41) is 6.17. The minimum absolute atomic E-state index is 0.0125. The monoisotopic (exact) mass is 836 g/mol. The molecule has 6 aromatic heterocycles. The van der Waals surface area contributed by atoms with Crippen LogP contribution in [0, 0.1) is 36.4 Å². The first kappa shape index (κ1) is 41.5. The zero-order valence-corrected chi connectivity index (χ0v) is 32.6. The van der Waals surface area contributed by atoms with Crippen molar-refractivity contribution in [1.82, 2.24) is 28.7 Å². The fourth-order valence-corrected chi connectivity index (χ4v) is 6.78. The van der Waals surface area contributed by atoms with Gasteiger partial charge in [0.1, 0.15) is 34.9 Å². The van der Waals surface area contributed by atoms with Gasteiger partial charge in [-0.15, -0.1) is 0 Å². The van der Waals surface area contributed by atoms with E-state index in [9.17, 15) is 27.2 Å². The molecule has 2 atom stereocenters. The van der Waals surface area contributed by atoms with Crippen molar-refractivity contribution in [1.29, 1.82) is 0 Å². The van der Waals surface area contributed by atoms with Crippen molar-refractivity contribution in [2.24, 2.45) is 0 Å². The normalized spacial score (nSPS) is 11.8. The summed E-state index contributed by atoms with van der Waals surface area (Å²) in [6.07, 6.45) is 4.78. The van der Waals surface area contributed by atoms with Crippen molar-refractivity contribution >= 4 is 45.9 Å². The van der Waals surface area contributed by atoms with Crippen LogP contribution >= 0.6 is 0 Å². The molecule has 14 nitrogen and oxygen atoms in total. The van der Waals surface area contributed by atoms with E-state index < -0.39 is 46.5 Å². The molecule has 0 spiro atoms. The standard InChI is InChI=1S/2C22H16F2N6O/c2*1-12(28-20-18(26-2)10-27-22(25)29-20)17-9-16-7-6-15(24)11-30(16)21(31)19(17)13-4-3-5-14(23)8-13/h2*3-12H,1H3,(H3,25,27,28,29)/t2*12-/m10/s1. The van der Waals surface area contributed by atoms with E-state index in [2.05, 4.69) is 40.3 Å². The summed E-state index contributed by atoms with van der Waals surface area (Å²) >= 11 is 0. The van der Waals surface area contributed by atoms with Crippen LogP contribution in [-0.2, 0) is 0 Å². The second-order valence-corrected chi connectivity index (χ2v) is 13.7. The number of pyridine rings is 4. The number of fused-ring (bicyclic) bond motifs is 2. The molecule has 0 amide bonds. The summed E-state index contributed by atoms with van der Waals surface area (Å²) in [7, 11) is 0. The van der Waals surface area contributed by atoms with Crippen LogP contribution in [0.15, 0.2) is 119 Å². The number of hydrogen-bond donors (Lipinski definition) is 4. The third kappa shape index (κ3) is 8.56. The number of nitrogens with two attached hydrogens (primary N) is 2. The Morgan fingerprint density at radius 3 is 1.37 bits per heavy atom. The highest BCUT2D eigenvalue weighted by Gasteiger charge is 2.22. The van der Waals surface area contributed by atoms with E-state index in [4.69, 9.17) is 24.6 Å². The predicted molar refractivity (Wildman–Crippen MR) is 228 cm³/mol. The molecule has 8 rings (SSSR count). The number of benzene rings is 2. The maximum atomic E-state index is 13.9. The third-order valence-corrected chi connectivity index (χ3v) is 9.62. The van der Waals surface area contributed by atoms with Gasteiger partial charge >= 0.3 is 0 Å². The average molecular weight is 837 g/mol. The highest BCUT2D eigenvalue weighted by molar-refractivity contribution is 5.74. The Balaban J connectivity index is 0.000000186. The van der Waals surface area contributed by atoms with E-state index in [0.29, 0.717) is 33.3 Å². The molecule has 0 aliphatic carbocycles. The van der Waals surface area contributed by atoms with Gasteiger partial charge in [-0.1, -0.05) is 24.3 Å². The molecular formula is C44H32F4N12O2. The van der Waals surface area contributed by atoms with Crippen molar-refractivity contribution in [2.45, 2.75) is 25.9 Å². The van der Waals surface area contributed by atoms with Gasteiger partial charge < -0.3 is 22.1 Å². The number of nitrogens with one attached hydrogen (secondary N) is 2. The number of nitrogen functional groups attached to an aromatic ring is 2. The summed E-state index contributed by atoms with van der Waals surface area (Å²) in [4.78, 5) is 49.1. The van der Waals surface area contributed by atoms with Gasteiger partial charge in [0.25, 0.3) is 11.1 Å². The summed E-state index contributed by atoms with van der Waals surface area (Å²) in [5.41, 5.74) is 13.7. The minimum Gasteiger partial charge on any atom is -0.372 e. The second-order valence-electron chi connectivity index (χ2n) is 13.7. The summed E-state index contributed by atoms with van der Waals surface area (Å²) in [5.74, 6) is -1.77. The van der Waals surface area contributed by atoms with E-state index in [1.54, 1.807) is 38.1 Å². The minimum atomic E-state index is -0.572. The summed E-state index contributed by atoms with van der Waals surface area (Å²) in [6, 6.07) is 19.1. The molecule has 0 fully saturated rings. The van der Waals surface area contributed by atoms with Crippen LogP contribution in [0.4, 0.5) is 52.5 Å². The molecule has 0 radical (unpaired) electrons. The van der Waals surface area contributed by atoms with Gasteiger partial charge in [0, 0.05) is 47.9 Å². The predicted octanol–water partition coefficient (Wildman–Crippen LogP) is 8.68. The molecule has 0 aliphatic rings. The molecule has 0 aliphatic heterocycles. The third-order valence-electron chi connectivity index (χ3n) is 9.62. The molecule has 6 N–H and O–H groups in total. The van der Waals surface area contributed by atoms with E-state index in [-0.39, 0.29) is 46.0 Å². The van der Waals surface area contributed by atoms with Crippen LogP contribution in [0.5, 0.6) is 0 Å². The first-order valence-corrected chi connectivity index (χ1v) is 18.5. The van der Waals surface area contributed by atoms with E-state index >= 15 is 0 Å². The SMILES string of the molecule is [C-]#[N+]c1cnc(N)nc1N[C@@H](C)c1cc2ccc(F)cn2c(=O)c1-c1cccc(F)c1.[C-]#[N+]c1cnc(N)nc1N[C@H](C)c1cc2ccc(F)cn2c(=O)c1-c1cccc(F)c1. The van der Waals surface area contributed by atoms with Crippen LogP contribution < -0.4 is 33.2 Å². The number of aromatic nitrogens is 6. The van der Waals surface area contributed by atoms with Crippen molar-refractivity contribution in [3.05, 3.63) is 188 Å². The molecule has 62 heavy (non-hydrogen) atoms. The fraction of sp³-hybridized carbons (Fsp3) is 0.0909. The lowest BCUT2D eigenvalue weighted by atomic mass is 9.96. The molecule has 18 heteroatoms. The molecule has 0 unspecified atom stereocenters. The Kier molecular flexibility index (Phi) is 11.6. The molecule has 6 heterocycles. The van der Waals surface area contributed by atoms with E-state index in [1.165, 1.54) is 81.9 Å². The first-order chi connectivity index (χ1) is 29.7. The molecule has 0 saturated carbocycles. The van der Waals surface area contributed by atoms with Gasteiger partial charge in [-0.2, -0.15) is 0 Å². The largest absolute Gasteiger partial charge is 0.372 e. The number of anilines is 4. The van der Waals surface area contributed by atoms with Gasteiger partial charge in [0.05, 0.1) is 24.3 Å². The van der Waals surface area contributed by atoms with Gasteiger partial charge in [-0.25, -0.2) is 47.2 Å². The molecule has 308 valence electrons. The lowest BCUT2D eigenvalue weighted by Gasteiger charge is -2.20. The Morgan fingerprint density at radius 1 is 0.597 bits per heavy atom. The lowest BCUT2D eigenvalue weighted by molar-refractivity contribution is 0.617. The van der Waals surface area contributed by atoms with Gasteiger partial charge in [0.15, 0.2) is 0 Å². The van der Waals surface area contributed by atoms with Crippen LogP contribution in [-0.4, -0.2) is 28.7 Å². The molecular weight excluding hydrogens is 805 g/mol. The quantitative estimate of drug-likeness (QED) is 0.0855.